The Morgan fingerprint density at radius 1 is 0.914 bits per heavy atom. The van der Waals surface area contributed by atoms with Crippen molar-refractivity contribution >= 4 is 44.8 Å². The van der Waals surface area contributed by atoms with E-state index < -0.39 is 10.8 Å². The van der Waals surface area contributed by atoms with Gasteiger partial charge in [0.15, 0.2) is 0 Å². The Hall–Kier alpha value is -0.340. The van der Waals surface area contributed by atoms with Gasteiger partial charge < -0.3 is 9.80 Å². The number of halogens is 1. The monoisotopic (exact) mass is 615 g/mol. The van der Waals surface area contributed by atoms with Gasteiger partial charge in [-0.25, -0.2) is 0 Å². The highest BCUT2D eigenvalue weighted by atomic mass is 127. The number of nitrogens with zero attached hydrogens (tertiary/aromatic N) is 3. The van der Waals surface area contributed by atoms with Crippen LogP contribution in [0.5, 0.6) is 0 Å². The predicted molar refractivity (Wildman–Crippen MR) is 164 cm³/mol. The van der Waals surface area contributed by atoms with Crippen LogP contribution in [0.2, 0.25) is 0 Å². The van der Waals surface area contributed by atoms with Crippen molar-refractivity contribution in [2.75, 3.05) is 72.0 Å². The minimum atomic E-state index is -0.626. The molecule has 3 fully saturated rings. The maximum atomic E-state index is 11.9. The Morgan fingerprint density at radius 3 is 2.11 bits per heavy atom. The van der Waals surface area contributed by atoms with Crippen molar-refractivity contribution in [3.05, 3.63) is 23.8 Å². The lowest BCUT2D eigenvalue weighted by Gasteiger charge is -2.41. The zero-order valence-corrected chi connectivity index (χ0v) is 26.0. The number of rotatable bonds is 6. The maximum Gasteiger partial charge on any atom is 0.0411 e. The molecule has 0 amide bonds. The second-order valence-corrected chi connectivity index (χ2v) is 13.4. The summed E-state index contributed by atoms with van der Waals surface area (Å²) in [6, 6.07) is 7.29. The summed E-state index contributed by atoms with van der Waals surface area (Å²) in [7, 11) is -0.626. The van der Waals surface area contributed by atoms with E-state index in [4.69, 9.17) is 0 Å². The van der Waals surface area contributed by atoms with Gasteiger partial charge >= 0.3 is 0 Å². The molecular formula is C29H50IN3OS. The van der Waals surface area contributed by atoms with Crippen molar-refractivity contribution < 1.29 is 4.21 Å². The van der Waals surface area contributed by atoms with Crippen LogP contribution < -0.4 is 9.80 Å². The van der Waals surface area contributed by atoms with Gasteiger partial charge in [-0.2, -0.15) is 0 Å². The minimum Gasteiger partial charge on any atom is -0.370 e. The van der Waals surface area contributed by atoms with E-state index in [1.54, 1.807) is 5.56 Å². The normalized spacial score (nSPS) is 24.7. The van der Waals surface area contributed by atoms with E-state index in [1.807, 2.05) is 4.93 Å². The molecule has 0 unspecified atom stereocenters. The van der Waals surface area contributed by atoms with Crippen molar-refractivity contribution in [3.8, 4) is 0 Å². The van der Waals surface area contributed by atoms with Crippen LogP contribution in [0.3, 0.4) is 0 Å². The van der Waals surface area contributed by atoms with Gasteiger partial charge in [0, 0.05) is 72.9 Å². The van der Waals surface area contributed by atoms with Crippen LogP contribution in [0.15, 0.2) is 18.2 Å². The van der Waals surface area contributed by atoms with Crippen molar-refractivity contribution in [1.29, 1.82) is 0 Å². The highest BCUT2D eigenvalue weighted by Crippen LogP contribution is 2.46. The Balaban J connectivity index is 0.00000167. The molecule has 1 aromatic carbocycles. The highest BCUT2D eigenvalue weighted by molar-refractivity contribution is 14.1. The lowest BCUT2D eigenvalue weighted by molar-refractivity contribution is 0.169. The van der Waals surface area contributed by atoms with E-state index in [9.17, 15) is 4.21 Å². The molecule has 2 aliphatic heterocycles. The van der Waals surface area contributed by atoms with Crippen molar-refractivity contribution in [2.24, 2.45) is 11.3 Å². The largest absolute Gasteiger partial charge is 0.370 e. The van der Waals surface area contributed by atoms with Crippen LogP contribution in [-0.2, 0) is 10.8 Å². The number of hydrogen-bond donors (Lipinski definition) is 0. The molecule has 4 nitrogen and oxygen atoms in total. The molecule has 0 radical (unpaired) electrons. The third-order valence-corrected chi connectivity index (χ3v) is 9.76. The average Bonchev–Trinajstić information content (AvgIpc) is 2.89. The Morgan fingerprint density at radius 2 is 1.54 bits per heavy atom. The predicted octanol–water partition coefficient (Wildman–Crippen LogP) is 6.55. The van der Waals surface area contributed by atoms with Gasteiger partial charge in [-0.15, -0.1) is 0 Å². The summed E-state index contributed by atoms with van der Waals surface area (Å²) in [5.41, 5.74) is 4.86. The molecule has 6 heteroatoms. The number of alkyl halides is 1. The van der Waals surface area contributed by atoms with Crippen LogP contribution in [0.25, 0.3) is 0 Å². The van der Waals surface area contributed by atoms with E-state index in [0.29, 0.717) is 11.3 Å². The third-order valence-electron chi connectivity index (χ3n) is 8.49. The molecule has 0 bridgehead atoms. The van der Waals surface area contributed by atoms with Crippen LogP contribution in [0.4, 0.5) is 11.4 Å². The smallest absolute Gasteiger partial charge is 0.0411 e. The van der Waals surface area contributed by atoms with E-state index >= 15 is 0 Å². The summed E-state index contributed by atoms with van der Waals surface area (Å²) >= 11 is 2.15. The summed E-state index contributed by atoms with van der Waals surface area (Å²) in [6.45, 7) is 17.3. The third kappa shape index (κ3) is 8.07. The minimum absolute atomic E-state index is 0.425. The molecule has 2 heterocycles. The number of benzene rings is 1. The Bertz CT molecular complexity index is 786. The molecule has 0 N–H and O–H groups in total. The molecule has 3 aliphatic rings. The number of unbranched alkanes of at least 4 members (excludes halogenated alkanes) is 1. The fourth-order valence-corrected chi connectivity index (χ4v) is 7.17. The first-order valence-corrected chi connectivity index (χ1v) is 17.6. The number of anilines is 2. The van der Waals surface area contributed by atoms with Gasteiger partial charge in [-0.3, -0.25) is 9.11 Å². The fourth-order valence-electron chi connectivity index (χ4n) is 6.11. The molecule has 200 valence electrons. The van der Waals surface area contributed by atoms with Gasteiger partial charge in [0.25, 0.3) is 0 Å². The summed E-state index contributed by atoms with van der Waals surface area (Å²) in [4.78, 5) is 9.76. The quantitative estimate of drug-likeness (QED) is 0.268. The number of hydrogen-bond acceptors (Lipinski definition) is 4. The average molecular weight is 616 g/mol. The van der Waals surface area contributed by atoms with E-state index in [1.165, 1.54) is 69.5 Å². The molecule has 0 spiro atoms. The molecule has 0 atom stereocenters. The first-order chi connectivity index (χ1) is 16.8. The van der Waals surface area contributed by atoms with Gasteiger partial charge in [0.2, 0.25) is 0 Å². The zero-order valence-electron chi connectivity index (χ0n) is 23.0. The lowest BCUT2D eigenvalue weighted by atomic mass is 9.68. The second-order valence-electron chi connectivity index (χ2n) is 11.7. The lowest BCUT2D eigenvalue weighted by Crippen LogP contribution is -2.47. The van der Waals surface area contributed by atoms with E-state index in [-0.39, 0.29) is 0 Å². The molecule has 4 rings (SSSR count). The molecule has 35 heavy (non-hydrogen) atoms. The van der Waals surface area contributed by atoms with Gasteiger partial charge in [0.05, 0.1) is 0 Å². The summed E-state index contributed by atoms with van der Waals surface area (Å²) < 4.78 is 11.9. The molecule has 1 aliphatic carbocycles. The Kier molecular flexibility index (Phi) is 11.7. The maximum absolute atomic E-state index is 11.9. The first kappa shape index (κ1) is 29.2. The van der Waals surface area contributed by atoms with Crippen molar-refractivity contribution in [2.45, 2.75) is 72.1 Å². The summed E-state index contributed by atoms with van der Waals surface area (Å²) in [5, 5.41) is 0. The van der Waals surface area contributed by atoms with Crippen LogP contribution in [0, 0.1) is 11.3 Å². The summed E-state index contributed by atoms with van der Waals surface area (Å²) in [5.74, 6) is 3.15. The van der Waals surface area contributed by atoms with Crippen LogP contribution in [-0.4, -0.2) is 71.4 Å². The van der Waals surface area contributed by atoms with Crippen molar-refractivity contribution in [3.63, 3.8) is 0 Å². The molecular weight excluding hydrogens is 565 g/mol. The van der Waals surface area contributed by atoms with Gasteiger partial charge in [-0.05, 0) is 84.6 Å². The van der Waals surface area contributed by atoms with Crippen molar-refractivity contribution in [1.82, 2.24) is 4.90 Å². The van der Waals surface area contributed by atoms with Crippen LogP contribution in [0.1, 0.15) is 77.7 Å². The topological polar surface area (TPSA) is 26.8 Å². The van der Waals surface area contributed by atoms with E-state index in [0.717, 1.165) is 43.6 Å². The zero-order chi connectivity index (χ0) is 25.4. The molecule has 1 saturated carbocycles. The Labute approximate surface area is 232 Å². The molecule has 1 aromatic rings. The highest BCUT2D eigenvalue weighted by Gasteiger charge is 2.32. The summed E-state index contributed by atoms with van der Waals surface area (Å²) in [6.07, 6.45) is 7.94. The van der Waals surface area contributed by atoms with Crippen LogP contribution >= 0.6 is 22.6 Å². The van der Waals surface area contributed by atoms with Gasteiger partial charge in [-0.1, -0.05) is 56.7 Å². The molecule has 0 aromatic heterocycles. The fraction of sp³-hybridized carbons (Fsp3) is 0.793. The SMILES string of the molecule is CCCCN1CCN(c2ccc(N3CCS(=O)CC3)cc2C2CCC(C(C)(C)C)CC2)CC1.CI. The van der Waals surface area contributed by atoms with Gasteiger partial charge in [0.1, 0.15) is 0 Å². The first-order valence-electron chi connectivity index (χ1n) is 13.9. The number of piperazine rings is 1. The second kappa shape index (κ2) is 14.0. The standard InChI is InChI=1S/C28H47N3OS.CH3I/c1-5-6-13-29-14-16-31(17-15-29)27-12-11-25(30-18-20-33(32)21-19-30)22-26(27)23-7-9-24(10-8-23)28(2,3)4;1-2/h11-12,22-24H,5-10,13-21H2,1-4H3;1H3. The van der Waals surface area contributed by atoms with E-state index in [2.05, 4.69) is 83.2 Å². The molecule has 2 saturated heterocycles.